The Morgan fingerprint density at radius 1 is 1.69 bits per heavy atom. The Hall–Kier alpha value is -0.870. The third-order valence-electron chi connectivity index (χ3n) is 3.49. The van der Waals surface area contributed by atoms with Gasteiger partial charge in [-0.05, 0) is 19.8 Å². The molecule has 0 saturated heterocycles. The van der Waals surface area contributed by atoms with E-state index in [4.69, 9.17) is 17.3 Å². The molecule has 1 aromatic heterocycles. The van der Waals surface area contributed by atoms with Gasteiger partial charge in [-0.1, -0.05) is 18.0 Å². The highest BCUT2D eigenvalue weighted by molar-refractivity contribution is 6.33. The Morgan fingerprint density at radius 2 is 2.38 bits per heavy atom. The summed E-state index contributed by atoms with van der Waals surface area (Å²) in [6, 6.07) is 0. The normalized spacial score (nSPS) is 18.2. The molecular weight excluding hydrogens is 226 g/mol. The molecule has 0 aromatic carbocycles. The number of hydrogen-bond acceptors (Lipinski definition) is 3. The maximum absolute atomic E-state index is 12.4. The van der Waals surface area contributed by atoms with Crippen LogP contribution in [0.3, 0.4) is 0 Å². The molecule has 0 unspecified atom stereocenters. The van der Waals surface area contributed by atoms with Crippen LogP contribution in [0, 0.1) is 5.41 Å². The Balaban J connectivity index is 2.36. The standard InChI is InChI=1S/C11H16ClN3O/c1-2-15-9(8(12)6-14-15)10(16)11(7-13)4-3-5-11/h6H,2-5,7,13H2,1H3. The van der Waals surface area contributed by atoms with E-state index in [1.54, 1.807) is 4.68 Å². The molecule has 0 amide bonds. The fourth-order valence-electron chi connectivity index (χ4n) is 2.21. The second kappa shape index (κ2) is 4.18. The monoisotopic (exact) mass is 241 g/mol. The third-order valence-corrected chi connectivity index (χ3v) is 3.77. The van der Waals surface area contributed by atoms with Gasteiger partial charge in [0.2, 0.25) is 0 Å². The van der Waals surface area contributed by atoms with Gasteiger partial charge in [0.05, 0.1) is 11.2 Å². The van der Waals surface area contributed by atoms with Gasteiger partial charge in [-0.25, -0.2) is 0 Å². The molecule has 2 N–H and O–H groups in total. The number of aromatic nitrogens is 2. The van der Waals surface area contributed by atoms with Crippen LogP contribution in [0.15, 0.2) is 6.20 Å². The van der Waals surface area contributed by atoms with Crippen molar-refractivity contribution in [3.8, 4) is 0 Å². The summed E-state index contributed by atoms with van der Waals surface area (Å²) < 4.78 is 1.65. The van der Waals surface area contributed by atoms with Crippen molar-refractivity contribution < 1.29 is 4.79 Å². The highest BCUT2D eigenvalue weighted by atomic mass is 35.5. The minimum absolute atomic E-state index is 0.0607. The first-order chi connectivity index (χ1) is 7.64. The number of aryl methyl sites for hydroxylation is 1. The second-order valence-corrected chi connectivity index (χ2v) is 4.73. The number of ketones is 1. The van der Waals surface area contributed by atoms with Crippen LogP contribution in [0.5, 0.6) is 0 Å². The minimum atomic E-state index is -0.378. The van der Waals surface area contributed by atoms with E-state index in [0.717, 1.165) is 19.3 Å². The third kappa shape index (κ3) is 1.57. The first-order valence-electron chi connectivity index (χ1n) is 5.61. The number of halogens is 1. The van der Waals surface area contributed by atoms with Crippen LogP contribution in [0.25, 0.3) is 0 Å². The van der Waals surface area contributed by atoms with E-state index in [-0.39, 0.29) is 11.2 Å². The largest absolute Gasteiger partial charge is 0.329 e. The van der Waals surface area contributed by atoms with Crippen molar-refractivity contribution in [1.29, 1.82) is 0 Å². The van der Waals surface area contributed by atoms with Gasteiger partial charge in [0, 0.05) is 18.5 Å². The average Bonchev–Trinajstić information content (AvgIpc) is 2.58. The van der Waals surface area contributed by atoms with E-state index in [1.165, 1.54) is 6.20 Å². The Bertz CT molecular complexity index is 404. The molecule has 4 nitrogen and oxygen atoms in total. The van der Waals surface area contributed by atoms with Crippen molar-refractivity contribution in [3.05, 3.63) is 16.9 Å². The lowest BCUT2D eigenvalue weighted by Gasteiger charge is -2.39. The molecule has 5 heteroatoms. The van der Waals surface area contributed by atoms with Crippen LogP contribution in [-0.4, -0.2) is 22.1 Å². The number of carbonyl (C=O) groups is 1. The predicted octanol–water partition coefficient (Wildman–Crippen LogP) is 1.87. The number of Topliss-reactive ketones (excluding diaryl/α,β-unsaturated/α-hetero) is 1. The summed E-state index contributed by atoms with van der Waals surface area (Å²) in [6.45, 7) is 2.99. The number of nitrogens with zero attached hydrogens (tertiary/aromatic N) is 2. The van der Waals surface area contributed by atoms with Gasteiger partial charge in [-0.15, -0.1) is 0 Å². The fraction of sp³-hybridized carbons (Fsp3) is 0.636. The summed E-state index contributed by atoms with van der Waals surface area (Å²) in [4.78, 5) is 12.4. The Kier molecular flexibility index (Phi) is 3.04. The molecule has 88 valence electrons. The Morgan fingerprint density at radius 3 is 2.81 bits per heavy atom. The molecule has 1 aliphatic carbocycles. The number of carbonyl (C=O) groups excluding carboxylic acids is 1. The van der Waals surface area contributed by atoms with E-state index >= 15 is 0 Å². The molecule has 1 saturated carbocycles. The maximum Gasteiger partial charge on any atom is 0.189 e. The molecule has 0 spiro atoms. The van der Waals surface area contributed by atoms with Gasteiger partial charge in [-0.2, -0.15) is 5.10 Å². The van der Waals surface area contributed by atoms with Crippen molar-refractivity contribution >= 4 is 17.4 Å². The van der Waals surface area contributed by atoms with Gasteiger partial charge in [0.1, 0.15) is 5.69 Å². The van der Waals surface area contributed by atoms with E-state index in [9.17, 15) is 4.79 Å². The molecule has 16 heavy (non-hydrogen) atoms. The van der Waals surface area contributed by atoms with Crippen LogP contribution in [0.2, 0.25) is 5.02 Å². The summed E-state index contributed by atoms with van der Waals surface area (Å²) in [5, 5.41) is 4.52. The topological polar surface area (TPSA) is 60.9 Å². The number of hydrogen-bond donors (Lipinski definition) is 1. The summed E-state index contributed by atoms with van der Waals surface area (Å²) in [7, 11) is 0. The van der Waals surface area contributed by atoms with Crippen LogP contribution in [0.1, 0.15) is 36.7 Å². The summed E-state index contributed by atoms with van der Waals surface area (Å²) in [5.74, 6) is 0.0607. The first kappa shape index (κ1) is 11.6. The van der Waals surface area contributed by atoms with Crippen molar-refractivity contribution in [2.75, 3.05) is 6.54 Å². The smallest absolute Gasteiger partial charge is 0.189 e. The zero-order valence-corrected chi connectivity index (χ0v) is 10.1. The molecule has 1 fully saturated rings. The molecule has 1 heterocycles. The molecule has 2 rings (SSSR count). The second-order valence-electron chi connectivity index (χ2n) is 4.32. The fourth-order valence-corrected chi connectivity index (χ4v) is 2.43. The van der Waals surface area contributed by atoms with Crippen molar-refractivity contribution in [2.45, 2.75) is 32.7 Å². The van der Waals surface area contributed by atoms with E-state index in [0.29, 0.717) is 23.8 Å². The molecule has 0 radical (unpaired) electrons. The molecule has 1 aliphatic rings. The van der Waals surface area contributed by atoms with E-state index in [1.807, 2.05) is 6.92 Å². The van der Waals surface area contributed by atoms with Crippen LogP contribution >= 0.6 is 11.6 Å². The van der Waals surface area contributed by atoms with Gasteiger partial charge < -0.3 is 5.73 Å². The van der Waals surface area contributed by atoms with E-state index < -0.39 is 0 Å². The highest BCUT2D eigenvalue weighted by Crippen LogP contribution is 2.43. The van der Waals surface area contributed by atoms with Gasteiger partial charge in [0.15, 0.2) is 5.78 Å². The average molecular weight is 242 g/mol. The first-order valence-corrected chi connectivity index (χ1v) is 5.98. The lowest BCUT2D eigenvalue weighted by molar-refractivity contribution is 0.0623. The van der Waals surface area contributed by atoms with Gasteiger partial charge in [-0.3, -0.25) is 9.48 Å². The Labute approximate surface area is 99.8 Å². The molecule has 0 atom stereocenters. The number of nitrogens with two attached hydrogens (primary N) is 1. The lowest BCUT2D eigenvalue weighted by atomic mass is 9.65. The summed E-state index contributed by atoms with van der Waals surface area (Å²) in [5.41, 5.74) is 5.87. The van der Waals surface area contributed by atoms with Gasteiger partial charge >= 0.3 is 0 Å². The lowest BCUT2D eigenvalue weighted by Crippen LogP contribution is -2.45. The van der Waals surface area contributed by atoms with Gasteiger partial charge in [0.25, 0.3) is 0 Å². The van der Waals surface area contributed by atoms with E-state index in [2.05, 4.69) is 5.10 Å². The van der Waals surface area contributed by atoms with Crippen molar-refractivity contribution in [1.82, 2.24) is 9.78 Å². The molecular formula is C11H16ClN3O. The highest BCUT2D eigenvalue weighted by Gasteiger charge is 2.44. The summed E-state index contributed by atoms with van der Waals surface area (Å²) >= 11 is 6.02. The predicted molar refractivity (Wildman–Crippen MR) is 62.6 cm³/mol. The molecule has 0 bridgehead atoms. The van der Waals surface area contributed by atoms with Crippen molar-refractivity contribution in [2.24, 2.45) is 11.1 Å². The SMILES string of the molecule is CCn1ncc(Cl)c1C(=O)C1(CN)CCC1. The summed E-state index contributed by atoms with van der Waals surface area (Å²) in [6.07, 6.45) is 4.34. The zero-order valence-electron chi connectivity index (χ0n) is 9.37. The van der Waals surface area contributed by atoms with Crippen LogP contribution in [-0.2, 0) is 6.54 Å². The molecule has 0 aliphatic heterocycles. The zero-order chi connectivity index (χ0) is 11.8. The number of rotatable bonds is 4. The van der Waals surface area contributed by atoms with Crippen LogP contribution < -0.4 is 5.73 Å². The molecule has 1 aromatic rings. The minimum Gasteiger partial charge on any atom is -0.329 e. The van der Waals surface area contributed by atoms with Crippen molar-refractivity contribution in [3.63, 3.8) is 0 Å². The maximum atomic E-state index is 12.4. The van der Waals surface area contributed by atoms with Crippen LogP contribution in [0.4, 0.5) is 0 Å². The quantitative estimate of drug-likeness (QED) is 0.819.